The van der Waals surface area contributed by atoms with E-state index in [1.165, 1.54) is 11.8 Å². The monoisotopic (exact) mass is 547 g/mol. The number of benzene rings is 2. The number of carbonyl (C=O) groups is 2. The lowest BCUT2D eigenvalue weighted by Gasteiger charge is -2.33. The van der Waals surface area contributed by atoms with Crippen LogP contribution in [0, 0.1) is 0 Å². The van der Waals surface area contributed by atoms with Gasteiger partial charge in [-0.05, 0) is 49.6 Å². The molecule has 0 spiro atoms. The van der Waals surface area contributed by atoms with Crippen LogP contribution in [0.25, 0.3) is 0 Å². The minimum atomic E-state index is -3.85. The van der Waals surface area contributed by atoms with Gasteiger partial charge >= 0.3 is 0 Å². The van der Waals surface area contributed by atoms with Gasteiger partial charge in [0.2, 0.25) is 21.8 Å². The van der Waals surface area contributed by atoms with Gasteiger partial charge < -0.3 is 24.4 Å². The molecule has 10 nitrogen and oxygen atoms in total. The van der Waals surface area contributed by atoms with Crippen molar-refractivity contribution in [2.45, 2.75) is 46.2 Å². The highest BCUT2D eigenvalue weighted by molar-refractivity contribution is 7.92. The number of sulfonamides is 1. The van der Waals surface area contributed by atoms with Crippen molar-refractivity contribution in [2.24, 2.45) is 0 Å². The van der Waals surface area contributed by atoms with E-state index in [1.807, 2.05) is 19.9 Å². The van der Waals surface area contributed by atoms with Crippen molar-refractivity contribution in [1.29, 1.82) is 0 Å². The van der Waals surface area contributed by atoms with E-state index < -0.39 is 28.5 Å². The molecule has 0 saturated heterocycles. The average molecular weight is 548 g/mol. The molecule has 1 atom stereocenters. The minimum absolute atomic E-state index is 0.106. The summed E-state index contributed by atoms with van der Waals surface area (Å²) in [5.74, 6) is 0.547. The number of anilines is 1. The largest absolute Gasteiger partial charge is 0.497 e. The molecular weight excluding hydrogens is 510 g/mol. The Labute approximate surface area is 224 Å². The second-order valence-electron chi connectivity index (χ2n) is 8.82. The number of hydrogen-bond donors (Lipinski definition) is 1. The molecule has 38 heavy (non-hydrogen) atoms. The molecule has 1 aliphatic rings. The number of rotatable bonds is 13. The van der Waals surface area contributed by atoms with Gasteiger partial charge in [0.1, 0.15) is 31.5 Å². The molecule has 1 heterocycles. The topological polar surface area (TPSA) is 114 Å². The van der Waals surface area contributed by atoms with Crippen molar-refractivity contribution in [3.63, 3.8) is 0 Å². The van der Waals surface area contributed by atoms with E-state index in [1.54, 1.807) is 43.5 Å². The van der Waals surface area contributed by atoms with E-state index in [-0.39, 0.29) is 23.9 Å². The summed E-state index contributed by atoms with van der Waals surface area (Å²) < 4.78 is 43.9. The summed E-state index contributed by atoms with van der Waals surface area (Å²) in [7, 11) is -2.30. The zero-order valence-electron chi connectivity index (χ0n) is 22.4. The molecule has 0 saturated carbocycles. The highest BCUT2D eigenvalue weighted by atomic mass is 32.2. The maximum atomic E-state index is 13.9. The van der Waals surface area contributed by atoms with Crippen molar-refractivity contribution in [3.8, 4) is 17.2 Å². The van der Waals surface area contributed by atoms with Gasteiger partial charge in [-0.15, -0.1) is 0 Å². The smallest absolute Gasteiger partial charge is 0.244 e. The average Bonchev–Trinajstić information content (AvgIpc) is 2.94. The van der Waals surface area contributed by atoms with Crippen LogP contribution in [-0.4, -0.2) is 70.3 Å². The molecule has 0 fully saturated rings. The van der Waals surface area contributed by atoms with Gasteiger partial charge in [-0.1, -0.05) is 26.0 Å². The van der Waals surface area contributed by atoms with Gasteiger partial charge in [0, 0.05) is 19.2 Å². The van der Waals surface area contributed by atoms with E-state index >= 15 is 0 Å². The number of carbonyl (C=O) groups excluding carboxylic acids is 2. The highest BCUT2D eigenvalue weighted by Gasteiger charge is 2.33. The molecule has 0 aromatic heterocycles. The number of methoxy groups -OCH3 is 1. The molecule has 3 rings (SSSR count). The number of nitrogens with one attached hydrogen (secondary N) is 1. The fraction of sp³-hybridized carbons (Fsp3) is 0.481. The van der Waals surface area contributed by atoms with E-state index in [0.717, 1.165) is 16.3 Å². The summed E-state index contributed by atoms with van der Waals surface area (Å²) in [6.45, 7) is 6.14. The van der Waals surface area contributed by atoms with Gasteiger partial charge in [0.05, 0.1) is 18.6 Å². The fourth-order valence-electron chi connectivity index (χ4n) is 4.16. The first-order chi connectivity index (χ1) is 18.2. The quantitative estimate of drug-likeness (QED) is 0.410. The van der Waals surface area contributed by atoms with Crippen LogP contribution in [0.2, 0.25) is 0 Å². The second kappa shape index (κ2) is 13.4. The highest BCUT2D eigenvalue weighted by Crippen LogP contribution is 2.35. The van der Waals surface area contributed by atoms with Crippen LogP contribution in [0.1, 0.15) is 39.2 Å². The number of nitrogens with zero attached hydrogens (tertiary/aromatic N) is 2. The Morgan fingerprint density at radius 3 is 2.45 bits per heavy atom. The van der Waals surface area contributed by atoms with Crippen LogP contribution in [-0.2, 0) is 26.2 Å². The van der Waals surface area contributed by atoms with Crippen LogP contribution >= 0.6 is 0 Å². The molecule has 0 aliphatic carbocycles. The Kier molecular flexibility index (Phi) is 10.2. The minimum Gasteiger partial charge on any atom is -0.497 e. The predicted molar refractivity (Wildman–Crippen MR) is 145 cm³/mol. The normalized spacial score (nSPS) is 13.4. The Hall–Kier alpha value is -3.47. The van der Waals surface area contributed by atoms with Crippen molar-refractivity contribution in [2.75, 3.05) is 43.5 Å². The van der Waals surface area contributed by atoms with Crippen LogP contribution in [0.5, 0.6) is 17.2 Å². The third-order valence-corrected chi connectivity index (χ3v) is 7.96. The molecule has 0 unspecified atom stereocenters. The molecule has 0 radical (unpaired) electrons. The lowest BCUT2D eigenvalue weighted by molar-refractivity contribution is -0.140. The van der Waals surface area contributed by atoms with Crippen molar-refractivity contribution >= 4 is 27.5 Å². The summed E-state index contributed by atoms with van der Waals surface area (Å²) in [5, 5.41) is 2.87. The zero-order valence-corrected chi connectivity index (χ0v) is 23.3. The maximum Gasteiger partial charge on any atom is 0.244 e. The van der Waals surface area contributed by atoms with Crippen molar-refractivity contribution in [1.82, 2.24) is 10.2 Å². The van der Waals surface area contributed by atoms with Crippen LogP contribution in [0.15, 0.2) is 42.5 Å². The Morgan fingerprint density at radius 2 is 1.79 bits per heavy atom. The SMILES string of the molecule is CCCNC(=O)[C@H](CC)N(Cc1cccc(OC)c1)C(=O)CN(c1ccc2c(c1)OCCO2)S(=O)(=O)CC. The number of amides is 2. The molecule has 1 aliphatic heterocycles. The molecule has 208 valence electrons. The molecular formula is C27H37N3O7S. The fourth-order valence-corrected chi connectivity index (χ4v) is 5.21. The van der Waals surface area contributed by atoms with E-state index in [4.69, 9.17) is 14.2 Å². The first-order valence-electron chi connectivity index (χ1n) is 12.8. The van der Waals surface area contributed by atoms with Crippen molar-refractivity contribution in [3.05, 3.63) is 48.0 Å². The third kappa shape index (κ3) is 7.09. The van der Waals surface area contributed by atoms with Crippen LogP contribution in [0.3, 0.4) is 0 Å². The molecule has 2 aromatic carbocycles. The predicted octanol–water partition coefficient (Wildman–Crippen LogP) is 2.96. The third-order valence-electron chi connectivity index (χ3n) is 6.22. The van der Waals surface area contributed by atoms with Gasteiger partial charge in [-0.25, -0.2) is 8.42 Å². The van der Waals surface area contributed by atoms with E-state index in [2.05, 4.69) is 5.32 Å². The van der Waals surface area contributed by atoms with E-state index in [9.17, 15) is 18.0 Å². The van der Waals surface area contributed by atoms with Crippen molar-refractivity contribution < 1.29 is 32.2 Å². The summed E-state index contributed by atoms with van der Waals surface area (Å²) in [5.41, 5.74) is 1.04. The summed E-state index contributed by atoms with van der Waals surface area (Å²) in [4.78, 5) is 28.4. The molecule has 2 amide bonds. The molecule has 2 aromatic rings. The first-order valence-corrected chi connectivity index (χ1v) is 14.4. The number of fused-ring (bicyclic) bond motifs is 1. The van der Waals surface area contributed by atoms with Gasteiger partial charge in [0.15, 0.2) is 11.5 Å². The Bertz CT molecular complexity index is 1220. The van der Waals surface area contributed by atoms with Gasteiger partial charge in [-0.2, -0.15) is 0 Å². The first kappa shape index (κ1) is 29.1. The Morgan fingerprint density at radius 1 is 1.05 bits per heavy atom. The standard InChI is InChI=1S/C27H37N3O7S/c1-5-13-28-27(32)23(6-2)29(18-20-9-8-10-22(16-20)35-4)26(31)19-30(38(33,34)7-3)21-11-12-24-25(17-21)37-15-14-36-24/h8-12,16-17,23H,5-7,13-15,18-19H2,1-4H3,(H,28,32)/t23-/m0/s1. The van der Waals surface area contributed by atoms with Gasteiger partial charge in [0.25, 0.3) is 0 Å². The molecule has 0 bridgehead atoms. The summed E-state index contributed by atoms with van der Waals surface area (Å²) in [6, 6.07) is 11.2. The summed E-state index contributed by atoms with van der Waals surface area (Å²) in [6.07, 6.45) is 1.11. The Balaban J connectivity index is 1.98. The number of ether oxygens (including phenoxy) is 3. The lowest BCUT2D eigenvalue weighted by atomic mass is 10.1. The van der Waals surface area contributed by atoms with Crippen LogP contribution in [0.4, 0.5) is 5.69 Å². The van der Waals surface area contributed by atoms with Gasteiger partial charge in [-0.3, -0.25) is 13.9 Å². The second-order valence-corrected chi connectivity index (χ2v) is 11.0. The van der Waals surface area contributed by atoms with E-state index in [0.29, 0.717) is 43.4 Å². The molecule has 11 heteroatoms. The lowest BCUT2D eigenvalue weighted by Crippen LogP contribution is -2.52. The van der Waals surface area contributed by atoms with Crippen LogP contribution < -0.4 is 23.8 Å². The maximum absolute atomic E-state index is 13.9. The molecule has 1 N–H and O–H groups in total. The number of hydrogen-bond acceptors (Lipinski definition) is 7. The summed E-state index contributed by atoms with van der Waals surface area (Å²) >= 11 is 0. The zero-order chi connectivity index (χ0) is 27.7.